The Morgan fingerprint density at radius 3 is 0.886 bits per heavy atom. The summed E-state index contributed by atoms with van der Waals surface area (Å²) in [6.07, 6.45) is 7.72. The number of halogens is 3. The summed E-state index contributed by atoms with van der Waals surface area (Å²) in [5.74, 6) is 0. The smallest absolute Gasteiger partial charge is 0.166 e. The molecule has 0 aromatic heterocycles. The van der Waals surface area contributed by atoms with E-state index < -0.39 is 11.7 Å². The van der Waals surface area contributed by atoms with Gasteiger partial charge in [-0.3, -0.25) is 0 Å². The SMILES string of the molecule is Cc1ccc(/C=C/c2ccc(/C=C/c3ccc(/C=C/c4ccc(C(F)(F)F)cc4)cc3)cc2)cc1. The van der Waals surface area contributed by atoms with E-state index >= 15 is 0 Å². The Morgan fingerprint density at radius 2 is 0.629 bits per heavy atom. The van der Waals surface area contributed by atoms with Gasteiger partial charge in [-0.25, -0.2) is 0 Å². The monoisotopic (exact) mass is 466 g/mol. The summed E-state index contributed by atoms with van der Waals surface area (Å²) in [6, 6.07) is 29.9. The molecule has 3 heteroatoms. The fourth-order valence-electron chi connectivity index (χ4n) is 3.47. The maximum atomic E-state index is 12.7. The van der Waals surface area contributed by atoms with Crippen molar-refractivity contribution in [2.75, 3.05) is 0 Å². The molecule has 0 saturated heterocycles. The highest BCUT2D eigenvalue weighted by Crippen LogP contribution is 2.29. The first-order valence-electron chi connectivity index (χ1n) is 11.3. The van der Waals surface area contributed by atoms with Crippen LogP contribution in [0.25, 0.3) is 36.5 Å². The molecule has 0 bridgehead atoms. The van der Waals surface area contributed by atoms with Crippen molar-refractivity contribution in [2.24, 2.45) is 0 Å². The normalized spacial score (nSPS) is 12.2. The van der Waals surface area contributed by atoms with Crippen LogP contribution >= 0.6 is 0 Å². The van der Waals surface area contributed by atoms with Gasteiger partial charge in [0.05, 0.1) is 5.56 Å². The summed E-state index contributed by atoms with van der Waals surface area (Å²) in [6.45, 7) is 2.08. The van der Waals surface area contributed by atoms with Crippen LogP contribution in [0.15, 0.2) is 97.1 Å². The first-order chi connectivity index (χ1) is 16.8. The van der Waals surface area contributed by atoms with Gasteiger partial charge in [0.1, 0.15) is 0 Å². The number of hydrogen-bond acceptors (Lipinski definition) is 0. The van der Waals surface area contributed by atoms with Gasteiger partial charge in [0.15, 0.2) is 0 Å². The van der Waals surface area contributed by atoms with Crippen LogP contribution in [0.2, 0.25) is 0 Å². The lowest BCUT2D eigenvalue weighted by Gasteiger charge is -2.05. The molecule has 4 rings (SSSR count). The minimum Gasteiger partial charge on any atom is -0.166 e. The van der Waals surface area contributed by atoms with Crippen molar-refractivity contribution >= 4 is 36.5 Å². The van der Waals surface area contributed by atoms with Gasteiger partial charge in [0.2, 0.25) is 0 Å². The van der Waals surface area contributed by atoms with E-state index in [0.29, 0.717) is 0 Å². The van der Waals surface area contributed by atoms with E-state index in [1.165, 1.54) is 23.3 Å². The van der Waals surface area contributed by atoms with E-state index in [4.69, 9.17) is 0 Å². The lowest BCUT2D eigenvalue weighted by atomic mass is 10.1. The highest BCUT2D eigenvalue weighted by atomic mass is 19.4. The summed E-state index contributed by atoms with van der Waals surface area (Å²) < 4.78 is 38.0. The van der Waals surface area contributed by atoms with Crippen molar-refractivity contribution in [2.45, 2.75) is 13.1 Å². The zero-order valence-electron chi connectivity index (χ0n) is 19.3. The Labute approximate surface area is 204 Å². The molecule has 0 aliphatic rings. The Balaban J connectivity index is 1.34. The van der Waals surface area contributed by atoms with Gasteiger partial charge in [-0.05, 0) is 52.4 Å². The summed E-state index contributed by atoms with van der Waals surface area (Å²) in [7, 11) is 0. The molecular formula is C32H25F3. The number of aryl methyl sites for hydroxylation is 1. The highest BCUT2D eigenvalue weighted by molar-refractivity contribution is 5.74. The average molecular weight is 467 g/mol. The van der Waals surface area contributed by atoms with Crippen LogP contribution in [0.4, 0.5) is 13.2 Å². The highest BCUT2D eigenvalue weighted by Gasteiger charge is 2.29. The molecule has 0 unspecified atom stereocenters. The molecule has 0 fully saturated rings. The first kappa shape index (κ1) is 24.0. The van der Waals surface area contributed by atoms with Crippen molar-refractivity contribution in [3.8, 4) is 0 Å². The van der Waals surface area contributed by atoms with Crippen molar-refractivity contribution < 1.29 is 13.2 Å². The maximum absolute atomic E-state index is 12.7. The molecule has 4 aromatic carbocycles. The topological polar surface area (TPSA) is 0 Å². The molecule has 0 atom stereocenters. The number of rotatable bonds is 6. The van der Waals surface area contributed by atoms with Gasteiger partial charge in [-0.15, -0.1) is 0 Å². The number of benzene rings is 4. The molecule has 35 heavy (non-hydrogen) atoms. The zero-order valence-corrected chi connectivity index (χ0v) is 19.3. The van der Waals surface area contributed by atoms with E-state index in [2.05, 4.69) is 79.8 Å². The van der Waals surface area contributed by atoms with Crippen LogP contribution in [0, 0.1) is 6.92 Å². The second-order valence-electron chi connectivity index (χ2n) is 8.36. The molecule has 0 aliphatic carbocycles. The zero-order chi connectivity index (χ0) is 24.7. The van der Waals surface area contributed by atoms with Crippen LogP contribution in [-0.4, -0.2) is 0 Å². The fraction of sp³-hybridized carbons (Fsp3) is 0.0625. The Hall–Kier alpha value is -4.11. The van der Waals surface area contributed by atoms with Gasteiger partial charge in [0.25, 0.3) is 0 Å². The third-order valence-corrected chi connectivity index (χ3v) is 5.59. The Bertz CT molecular complexity index is 1320. The van der Waals surface area contributed by atoms with Gasteiger partial charge >= 0.3 is 6.18 Å². The minimum absolute atomic E-state index is 0.640. The summed E-state index contributed by atoms with van der Waals surface area (Å²) in [5, 5.41) is 0. The molecule has 0 nitrogen and oxygen atoms in total. The standard InChI is InChI=1S/C32H25F3/c1-24-2-4-25(5-3-24)6-7-26-8-10-27(11-9-26)12-13-28-14-16-29(17-15-28)18-19-30-20-22-31(23-21-30)32(33,34)35/h2-23H,1H3/b7-6+,13-12+,19-18+. The third-order valence-electron chi connectivity index (χ3n) is 5.59. The molecule has 4 aromatic rings. The van der Waals surface area contributed by atoms with Crippen LogP contribution in [0.3, 0.4) is 0 Å². The Morgan fingerprint density at radius 1 is 0.400 bits per heavy atom. The predicted octanol–water partition coefficient (Wildman–Crippen LogP) is 9.53. The van der Waals surface area contributed by atoms with Gasteiger partial charge in [-0.1, -0.05) is 127 Å². The maximum Gasteiger partial charge on any atom is 0.416 e. The van der Waals surface area contributed by atoms with Crippen molar-refractivity contribution in [3.05, 3.63) is 142 Å². The van der Waals surface area contributed by atoms with Gasteiger partial charge in [0, 0.05) is 0 Å². The van der Waals surface area contributed by atoms with Crippen molar-refractivity contribution in [3.63, 3.8) is 0 Å². The van der Waals surface area contributed by atoms with Crippen LogP contribution < -0.4 is 0 Å². The number of alkyl halides is 3. The molecule has 0 heterocycles. The van der Waals surface area contributed by atoms with Crippen molar-refractivity contribution in [1.29, 1.82) is 0 Å². The van der Waals surface area contributed by atoms with E-state index in [1.54, 1.807) is 6.08 Å². The largest absolute Gasteiger partial charge is 0.416 e. The van der Waals surface area contributed by atoms with Gasteiger partial charge < -0.3 is 0 Å². The van der Waals surface area contributed by atoms with E-state index in [0.717, 1.165) is 39.9 Å². The van der Waals surface area contributed by atoms with Crippen LogP contribution in [-0.2, 0) is 6.18 Å². The molecule has 0 N–H and O–H groups in total. The van der Waals surface area contributed by atoms with Crippen LogP contribution in [0.5, 0.6) is 0 Å². The van der Waals surface area contributed by atoms with E-state index in [1.807, 2.05) is 30.3 Å². The molecule has 0 radical (unpaired) electrons. The molecular weight excluding hydrogens is 441 g/mol. The van der Waals surface area contributed by atoms with E-state index in [-0.39, 0.29) is 0 Å². The quantitative estimate of drug-likeness (QED) is 0.248. The summed E-state index contributed by atoms with van der Waals surface area (Å²) >= 11 is 0. The summed E-state index contributed by atoms with van der Waals surface area (Å²) in [4.78, 5) is 0. The molecule has 0 saturated carbocycles. The third kappa shape index (κ3) is 7.18. The molecule has 174 valence electrons. The molecule has 0 amide bonds. The lowest BCUT2D eigenvalue weighted by molar-refractivity contribution is -0.137. The second kappa shape index (κ2) is 10.9. The van der Waals surface area contributed by atoms with Crippen molar-refractivity contribution in [1.82, 2.24) is 0 Å². The first-order valence-corrected chi connectivity index (χ1v) is 11.3. The van der Waals surface area contributed by atoms with Gasteiger partial charge in [-0.2, -0.15) is 13.2 Å². The number of hydrogen-bond donors (Lipinski definition) is 0. The second-order valence-corrected chi connectivity index (χ2v) is 8.36. The molecule has 0 aliphatic heterocycles. The summed E-state index contributed by atoms with van der Waals surface area (Å²) in [5.41, 5.74) is 6.82. The predicted molar refractivity (Wildman–Crippen MR) is 142 cm³/mol. The van der Waals surface area contributed by atoms with Crippen LogP contribution in [0.1, 0.15) is 44.5 Å². The molecule has 0 spiro atoms. The average Bonchev–Trinajstić information content (AvgIpc) is 2.87. The minimum atomic E-state index is -4.31. The van der Waals surface area contributed by atoms with E-state index in [9.17, 15) is 13.2 Å². The Kier molecular flexibility index (Phi) is 7.47. The lowest BCUT2D eigenvalue weighted by Crippen LogP contribution is -2.03. The fourth-order valence-corrected chi connectivity index (χ4v) is 3.47.